The summed E-state index contributed by atoms with van der Waals surface area (Å²) in [5, 5.41) is 62.4. The van der Waals surface area contributed by atoms with Crippen molar-refractivity contribution in [2.24, 2.45) is 17.8 Å². The van der Waals surface area contributed by atoms with Crippen molar-refractivity contribution in [3.8, 4) is 0 Å². The van der Waals surface area contributed by atoms with Crippen LogP contribution < -0.4 is 0 Å². The molecule has 0 spiro atoms. The van der Waals surface area contributed by atoms with E-state index in [1.165, 1.54) is 37.5 Å². The number of carbonyl (C=O) groups is 1. The first-order chi connectivity index (χ1) is 32.5. The lowest BCUT2D eigenvalue weighted by atomic mass is 9.77. The summed E-state index contributed by atoms with van der Waals surface area (Å²) in [4.78, 5) is 23.2. The molecule has 15 nitrogen and oxygen atoms in total. The van der Waals surface area contributed by atoms with Gasteiger partial charge < -0.3 is 63.8 Å². The first kappa shape index (κ1) is 58.5. The lowest BCUT2D eigenvalue weighted by molar-refractivity contribution is -0.318. The summed E-state index contributed by atoms with van der Waals surface area (Å²) < 4.78 is 77.3. The van der Waals surface area contributed by atoms with Gasteiger partial charge in [-0.25, -0.2) is 4.98 Å². The predicted octanol–water partition coefficient (Wildman–Crippen LogP) is 5.77. The third-order valence-electron chi connectivity index (χ3n) is 15.3. The Morgan fingerprint density at radius 3 is 2.21 bits per heavy atom. The average molecular weight is 1020 g/mol. The van der Waals surface area contributed by atoms with Crippen LogP contribution in [0.4, 0.5) is 13.2 Å². The number of aromatic nitrogens is 1. The number of methoxy groups -OCH3 is 1. The van der Waals surface area contributed by atoms with E-state index in [1.54, 1.807) is 48.5 Å². The van der Waals surface area contributed by atoms with Gasteiger partial charge in [0.2, 0.25) is 0 Å². The van der Waals surface area contributed by atoms with Crippen LogP contribution in [-0.4, -0.2) is 171 Å². The Hall–Kier alpha value is -2.37. The Balaban J connectivity index is 1.41. The number of rotatable bonds is 13. The number of aryl methyl sites for hydroxylation is 2. The number of alkyl halides is 3. The van der Waals surface area contributed by atoms with Crippen LogP contribution in [0.25, 0.3) is 0 Å². The van der Waals surface area contributed by atoms with Gasteiger partial charge in [0.25, 0.3) is 0 Å². The second kappa shape index (κ2) is 23.9. The zero-order chi connectivity index (χ0) is 52.3. The molecule has 18 atom stereocenters. The van der Waals surface area contributed by atoms with Crippen molar-refractivity contribution in [3.63, 3.8) is 0 Å². The summed E-state index contributed by atoms with van der Waals surface area (Å²) in [6.45, 7) is 18.3. The van der Waals surface area contributed by atoms with E-state index >= 15 is 0 Å². The van der Waals surface area contributed by atoms with Crippen LogP contribution in [0.1, 0.15) is 117 Å². The molecule has 0 radical (unpaired) electrons. The third kappa shape index (κ3) is 14.1. The molecule has 19 heteroatoms. The van der Waals surface area contributed by atoms with Crippen molar-refractivity contribution in [1.29, 1.82) is 0 Å². The van der Waals surface area contributed by atoms with E-state index in [0.29, 0.717) is 38.8 Å². The van der Waals surface area contributed by atoms with E-state index in [4.69, 9.17) is 33.4 Å². The van der Waals surface area contributed by atoms with Gasteiger partial charge in [-0.1, -0.05) is 32.9 Å². The Bertz CT molecular complexity index is 1960. The summed E-state index contributed by atoms with van der Waals surface area (Å²) in [7, 11) is 5.22. The van der Waals surface area contributed by atoms with Crippen LogP contribution in [-0.2, 0) is 58.7 Å². The molecule has 4 heterocycles. The fourth-order valence-corrected chi connectivity index (χ4v) is 11.6. The number of thiazole rings is 1. The van der Waals surface area contributed by atoms with Gasteiger partial charge in [-0.2, -0.15) is 13.2 Å². The Morgan fingerprint density at radius 2 is 1.60 bits per heavy atom. The second-order valence-electron chi connectivity index (χ2n) is 21.4. The van der Waals surface area contributed by atoms with Crippen molar-refractivity contribution in [2.75, 3.05) is 34.3 Å². The molecule has 5 N–H and O–H groups in total. The Morgan fingerprint density at radius 1 is 0.943 bits per heavy atom. The van der Waals surface area contributed by atoms with Gasteiger partial charge in [0.05, 0.1) is 57.8 Å². The number of aliphatic hydroxyl groups is 5. The van der Waals surface area contributed by atoms with Crippen molar-refractivity contribution < 1.29 is 71.9 Å². The van der Waals surface area contributed by atoms with Gasteiger partial charge in [0, 0.05) is 62.8 Å². The van der Waals surface area contributed by atoms with Crippen molar-refractivity contribution >= 4 is 17.3 Å². The van der Waals surface area contributed by atoms with E-state index in [2.05, 4.69) is 0 Å². The minimum Gasteiger partial charge on any atom is -0.459 e. The van der Waals surface area contributed by atoms with Crippen LogP contribution >= 0.6 is 11.3 Å². The van der Waals surface area contributed by atoms with Gasteiger partial charge in [-0.3, -0.25) is 4.79 Å². The van der Waals surface area contributed by atoms with Gasteiger partial charge in [0.15, 0.2) is 12.6 Å². The predicted molar refractivity (Wildman–Crippen MR) is 258 cm³/mol. The summed E-state index contributed by atoms with van der Waals surface area (Å²) in [5.41, 5.74) is -3.61. The van der Waals surface area contributed by atoms with Crippen LogP contribution in [0, 0.1) is 17.8 Å². The molecule has 3 aliphatic rings. The Kier molecular flexibility index (Phi) is 20.0. The molecule has 2 aromatic rings. The maximum absolute atomic E-state index is 14.5. The highest BCUT2D eigenvalue weighted by molar-refractivity contribution is 7.09. The molecule has 1 aromatic heterocycles. The zero-order valence-corrected chi connectivity index (χ0v) is 44.2. The van der Waals surface area contributed by atoms with Crippen molar-refractivity contribution in [2.45, 2.75) is 211 Å². The van der Waals surface area contributed by atoms with E-state index in [9.17, 15) is 43.5 Å². The number of carbonyl (C=O) groups excluding carboxylic acids is 1. The van der Waals surface area contributed by atoms with E-state index in [1.807, 2.05) is 43.1 Å². The molecule has 3 aliphatic heterocycles. The molecule has 0 unspecified atom stereocenters. The van der Waals surface area contributed by atoms with Crippen LogP contribution in [0.2, 0.25) is 0 Å². The number of hydrogen-bond acceptors (Lipinski definition) is 16. The number of benzene rings is 1. The van der Waals surface area contributed by atoms with Crippen LogP contribution in [0.15, 0.2) is 29.6 Å². The fraction of sp³-hybridized carbons (Fsp3) is 0.804. The number of cyclic esters (lactones) is 1. The zero-order valence-electron chi connectivity index (χ0n) is 43.4. The first-order valence-electron chi connectivity index (χ1n) is 24.9. The van der Waals surface area contributed by atoms with Crippen LogP contribution in [0.5, 0.6) is 0 Å². The molecule has 0 saturated carbocycles. The molecule has 5 rings (SSSR count). The average Bonchev–Trinajstić information content (AvgIpc) is 3.76. The highest BCUT2D eigenvalue weighted by Crippen LogP contribution is 2.40. The largest absolute Gasteiger partial charge is 0.459 e. The fourth-order valence-electron chi connectivity index (χ4n) is 10.8. The minimum absolute atomic E-state index is 0.0859. The van der Waals surface area contributed by atoms with Gasteiger partial charge >= 0.3 is 12.1 Å². The molecule has 1 aromatic carbocycles. The van der Waals surface area contributed by atoms with E-state index in [-0.39, 0.29) is 31.3 Å². The van der Waals surface area contributed by atoms with Gasteiger partial charge in [-0.05, 0) is 112 Å². The number of halogens is 3. The summed E-state index contributed by atoms with van der Waals surface area (Å²) in [6.07, 6.45) is -12.0. The maximum atomic E-state index is 14.5. The molecule has 400 valence electrons. The molecule has 0 amide bonds. The Labute approximate surface area is 416 Å². The lowest BCUT2D eigenvalue weighted by Crippen LogP contribution is -2.61. The SMILES string of the molecule is CC[C@H]1OC(=O)[C@H](C)[C@@H](O[C@H]2C[C@@](C)(OC)[C@@H](O)[C@H](C)O2)[C@H](C)[C@@H](O[C@@H]2O[C@H](C)C[C@H](N(C)CCc3csc(CCc4ccc(C(F)(F)F)cc4)n3)[C@H]2O)[C@](C)(O)C[C@@H](C)CN(C)[C@H](C)[C@@H](O)[C@]1(C)O. The van der Waals surface area contributed by atoms with E-state index in [0.717, 1.165) is 28.4 Å². The summed E-state index contributed by atoms with van der Waals surface area (Å²) >= 11 is 1.50. The molecule has 70 heavy (non-hydrogen) atoms. The van der Waals surface area contributed by atoms with Crippen molar-refractivity contribution in [1.82, 2.24) is 14.8 Å². The number of likely N-dealkylation sites (N-methyl/N-ethyl adjacent to an activating group) is 2. The number of ether oxygens (including phenoxy) is 6. The van der Waals surface area contributed by atoms with E-state index < -0.39 is 114 Å². The van der Waals surface area contributed by atoms with Gasteiger partial charge in [-0.15, -0.1) is 11.3 Å². The molecule has 3 saturated heterocycles. The number of hydrogen-bond donors (Lipinski definition) is 5. The number of aliphatic hydroxyl groups excluding tert-OH is 3. The quantitative estimate of drug-likeness (QED) is 0.152. The molecule has 0 aliphatic carbocycles. The standard InChI is InChI=1S/C51H82F3N3O12S/c1-14-38-50(10,63)43(59)32(6)57(12)26-28(2)24-48(8,62)45(30(4)42(31(5)46(61)67-38)68-40-25-49(9,64-13)44(60)33(7)66-40)69-47-41(58)37(23-29(3)65-47)56(11)22-21-36-27-70-39(55-36)20-17-34-15-18-35(19-16-34)51(52,53)54/h15-16,18-19,27-33,37-38,40-45,47,58-60,62-63H,14,17,20-26H2,1-13H3/t28-,29-,30+,31-,32-,33+,37+,38-,40+,41-,42+,43-,44+,45-,47+,48-,49-,50-/m1/s1. The monoisotopic (exact) mass is 1020 g/mol. The third-order valence-corrected chi connectivity index (χ3v) is 16.3. The molecule has 0 bridgehead atoms. The maximum Gasteiger partial charge on any atom is 0.416 e. The second-order valence-corrected chi connectivity index (χ2v) is 22.3. The molecular weight excluding hydrogens is 936 g/mol. The highest BCUT2D eigenvalue weighted by atomic mass is 32.1. The van der Waals surface area contributed by atoms with Crippen molar-refractivity contribution in [3.05, 3.63) is 51.5 Å². The number of nitrogens with zero attached hydrogens (tertiary/aromatic N) is 3. The summed E-state index contributed by atoms with van der Waals surface area (Å²) in [5.74, 6) is -2.85. The smallest absolute Gasteiger partial charge is 0.416 e. The normalized spacial score (nSPS) is 40.1. The summed E-state index contributed by atoms with van der Waals surface area (Å²) in [6, 6.07) is 4.16. The minimum atomic E-state index is -4.39. The lowest BCUT2D eigenvalue weighted by Gasteiger charge is -2.49. The van der Waals surface area contributed by atoms with Gasteiger partial charge in [0.1, 0.15) is 30.0 Å². The number of esters is 1. The molecular formula is C51H82F3N3O12S. The topological polar surface area (TPSA) is 193 Å². The first-order valence-corrected chi connectivity index (χ1v) is 25.8. The molecule has 3 fully saturated rings. The highest BCUT2D eigenvalue weighted by Gasteiger charge is 2.53. The van der Waals surface area contributed by atoms with Crippen LogP contribution in [0.3, 0.4) is 0 Å².